The second-order valence-electron chi connectivity index (χ2n) is 6.93. The van der Waals surface area contributed by atoms with E-state index in [1.165, 1.54) is 11.0 Å². The molecule has 1 aliphatic heterocycles. The summed E-state index contributed by atoms with van der Waals surface area (Å²) in [6.45, 7) is 7.44. The normalized spacial score (nSPS) is 19.1. The molecule has 3 heterocycles. The maximum absolute atomic E-state index is 12.6. The molecule has 2 aromatic heterocycles. The summed E-state index contributed by atoms with van der Waals surface area (Å²) >= 11 is 1.66. The van der Waals surface area contributed by atoms with Crippen molar-refractivity contribution in [1.82, 2.24) is 30.1 Å². The van der Waals surface area contributed by atoms with Crippen LogP contribution in [-0.2, 0) is 16.8 Å². The summed E-state index contributed by atoms with van der Waals surface area (Å²) in [5, 5.41) is 14.1. The molecule has 0 saturated carbocycles. The quantitative estimate of drug-likeness (QED) is 0.860. The third-order valence-electron chi connectivity index (χ3n) is 4.09. The van der Waals surface area contributed by atoms with Crippen LogP contribution >= 0.6 is 11.3 Å². The number of amides is 1. The number of rotatable bonds is 3. The Labute approximate surface area is 139 Å². The highest BCUT2D eigenvalue weighted by Gasteiger charge is 2.31. The first-order chi connectivity index (χ1) is 10.9. The van der Waals surface area contributed by atoms with Crippen molar-refractivity contribution in [3.63, 3.8) is 0 Å². The van der Waals surface area contributed by atoms with Gasteiger partial charge in [-0.3, -0.25) is 4.79 Å². The van der Waals surface area contributed by atoms with Gasteiger partial charge in [0.05, 0.1) is 11.7 Å². The largest absolute Gasteiger partial charge is 0.332 e. The number of piperidine rings is 1. The van der Waals surface area contributed by atoms with Gasteiger partial charge in [0.2, 0.25) is 5.91 Å². The topological polar surface area (TPSA) is 76.8 Å². The number of carbonyl (C=O) groups excluding carboxylic acids is 1. The Hall–Kier alpha value is -1.83. The maximum Gasteiger partial charge on any atom is 0.245 e. The number of thiazole rings is 1. The molecule has 1 saturated heterocycles. The Morgan fingerprint density at radius 1 is 1.39 bits per heavy atom. The Bertz CT molecular complexity index is 660. The smallest absolute Gasteiger partial charge is 0.245 e. The molecule has 0 aliphatic carbocycles. The van der Waals surface area contributed by atoms with Crippen molar-refractivity contribution >= 4 is 17.2 Å². The van der Waals surface area contributed by atoms with Crippen LogP contribution < -0.4 is 0 Å². The predicted octanol–water partition coefficient (Wildman–Crippen LogP) is 2.18. The molecule has 2 aromatic rings. The van der Waals surface area contributed by atoms with Crippen molar-refractivity contribution in [2.75, 3.05) is 6.54 Å². The fourth-order valence-electron chi connectivity index (χ4n) is 2.75. The second kappa shape index (κ2) is 6.35. The maximum atomic E-state index is 12.6. The van der Waals surface area contributed by atoms with E-state index in [1.54, 1.807) is 11.3 Å². The third-order valence-corrected chi connectivity index (χ3v) is 5.03. The van der Waals surface area contributed by atoms with Crippen molar-refractivity contribution in [2.24, 2.45) is 0 Å². The molecular weight excluding hydrogens is 312 g/mol. The summed E-state index contributed by atoms with van der Waals surface area (Å²) in [6, 6.07) is 0.0776. The third kappa shape index (κ3) is 3.57. The van der Waals surface area contributed by atoms with Crippen LogP contribution in [0.4, 0.5) is 0 Å². The van der Waals surface area contributed by atoms with E-state index >= 15 is 0 Å². The summed E-state index contributed by atoms with van der Waals surface area (Å²) in [4.78, 5) is 19.4. The van der Waals surface area contributed by atoms with Crippen LogP contribution in [-0.4, -0.2) is 42.5 Å². The second-order valence-corrected chi connectivity index (χ2v) is 7.82. The van der Waals surface area contributed by atoms with E-state index in [4.69, 9.17) is 4.98 Å². The van der Waals surface area contributed by atoms with E-state index in [0.29, 0.717) is 0 Å². The van der Waals surface area contributed by atoms with Gasteiger partial charge in [-0.1, -0.05) is 20.8 Å². The van der Waals surface area contributed by atoms with Crippen molar-refractivity contribution in [3.05, 3.63) is 22.4 Å². The van der Waals surface area contributed by atoms with Gasteiger partial charge in [0.15, 0.2) is 0 Å². The first-order valence-electron chi connectivity index (χ1n) is 7.91. The average molecular weight is 334 g/mol. The highest BCUT2D eigenvalue weighted by atomic mass is 32.1. The Kier molecular flexibility index (Phi) is 4.43. The van der Waals surface area contributed by atoms with Crippen molar-refractivity contribution < 1.29 is 4.79 Å². The molecule has 23 heavy (non-hydrogen) atoms. The van der Waals surface area contributed by atoms with E-state index in [9.17, 15) is 4.79 Å². The summed E-state index contributed by atoms with van der Waals surface area (Å²) in [6.07, 6.45) is 4.61. The average Bonchev–Trinajstić information content (AvgIpc) is 3.18. The molecule has 0 aromatic carbocycles. The molecule has 1 atom stereocenters. The Morgan fingerprint density at radius 3 is 2.87 bits per heavy atom. The van der Waals surface area contributed by atoms with Crippen molar-refractivity contribution in [2.45, 2.75) is 58.0 Å². The Balaban J connectivity index is 1.78. The summed E-state index contributed by atoms with van der Waals surface area (Å²) in [5.41, 5.74) is 1.13. The van der Waals surface area contributed by atoms with Gasteiger partial charge in [-0.25, -0.2) is 9.67 Å². The van der Waals surface area contributed by atoms with Crippen LogP contribution in [0.15, 0.2) is 11.7 Å². The molecule has 0 unspecified atom stereocenters. The van der Waals surface area contributed by atoms with E-state index < -0.39 is 0 Å². The zero-order valence-electron chi connectivity index (χ0n) is 13.8. The molecule has 7 nitrogen and oxygen atoms in total. The zero-order chi connectivity index (χ0) is 16.4. The molecular formula is C15H22N6OS. The summed E-state index contributed by atoms with van der Waals surface area (Å²) in [5.74, 6) is 0.0505. The number of nitrogens with zero attached hydrogens (tertiary/aromatic N) is 6. The van der Waals surface area contributed by atoms with Gasteiger partial charge in [0.25, 0.3) is 0 Å². The molecule has 124 valence electrons. The molecule has 0 radical (unpaired) electrons. The van der Waals surface area contributed by atoms with Crippen LogP contribution in [0.5, 0.6) is 0 Å². The van der Waals surface area contributed by atoms with Gasteiger partial charge in [-0.2, -0.15) is 0 Å². The number of aromatic nitrogens is 5. The first-order valence-corrected chi connectivity index (χ1v) is 8.79. The van der Waals surface area contributed by atoms with E-state index in [1.807, 2.05) is 4.90 Å². The molecule has 3 rings (SSSR count). The van der Waals surface area contributed by atoms with Crippen molar-refractivity contribution in [1.29, 1.82) is 0 Å². The number of hydrogen-bond donors (Lipinski definition) is 0. The van der Waals surface area contributed by atoms with Gasteiger partial charge in [0, 0.05) is 17.3 Å². The lowest BCUT2D eigenvalue weighted by atomic mass is 9.93. The zero-order valence-corrected chi connectivity index (χ0v) is 14.6. The molecule has 1 fully saturated rings. The molecule has 8 heteroatoms. The van der Waals surface area contributed by atoms with Gasteiger partial charge in [-0.15, -0.1) is 16.4 Å². The van der Waals surface area contributed by atoms with E-state index in [-0.39, 0.29) is 23.9 Å². The van der Waals surface area contributed by atoms with E-state index in [2.05, 4.69) is 41.7 Å². The number of likely N-dealkylation sites (tertiary alicyclic amines) is 1. The molecule has 1 amide bonds. The van der Waals surface area contributed by atoms with Crippen LogP contribution in [0.2, 0.25) is 0 Å². The highest BCUT2D eigenvalue weighted by molar-refractivity contribution is 7.09. The van der Waals surface area contributed by atoms with Gasteiger partial charge in [0.1, 0.15) is 17.9 Å². The van der Waals surface area contributed by atoms with Crippen LogP contribution in [0.3, 0.4) is 0 Å². The summed E-state index contributed by atoms with van der Waals surface area (Å²) < 4.78 is 1.47. The number of carbonyl (C=O) groups is 1. The van der Waals surface area contributed by atoms with Crippen LogP contribution in [0.1, 0.15) is 56.8 Å². The monoisotopic (exact) mass is 334 g/mol. The van der Waals surface area contributed by atoms with Crippen LogP contribution in [0, 0.1) is 0 Å². The lowest BCUT2D eigenvalue weighted by Crippen LogP contribution is -2.40. The van der Waals surface area contributed by atoms with Gasteiger partial charge in [-0.05, 0) is 29.7 Å². The minimum Gasteiger partial charge on any atom is -0.332 e. The predicted molar refractivity (Wildman–Crippen MR) is 86.9 cm³/mol. The van der Waals surface area contributed by atoms with Gasteiger partial charge < -0.3 is 4.90 Å². The fraction of sp³-hybridized carbons (Fsp3) is 0.667. The fourth-order valence-corrected chi connectivity index (χ4v) is 3.95. The highest BCUT2D eigenvalue weighted by Crippen LogP contribution is 2.35. The first kappa shape index (κ1) is 16.0. The standard InChI is InChI=1S/C15H22N6OS/c1-15(2,3)12-9-23-14(17-12)11-6-4-5-7-21(11)13(22)8-20-10-16-18-19-20/h9-11H,4-8H2,1-3H3/t11-/m0/s1. The molecule has 0 spiro atoms. The lowest BCUT2D eigenvalue weighted by molar-refractivity contribution is -0.136. The minimum atomic E-state index is 0.0324. The SMILES string of the molecule is CC(C)(C)c1csc([C@@H]2CCCCN2C(=O)Cn2cnnn2)n1. The van der Waals surface area contributed by atoms with Gasteiger partial charge >= 0.3 is 0 Å². The molecule has 0 bridgehead atoms. The summed E-state index contributed by atoms with van der Waals surface area (Å²) in [7, 11) is 0. The Morgan fingerprint density at radius 2 is 2.22 bits per heavy atom. The van der Waals surface area contributed by atoms with E-state index in [0.717, 1.165) is 36.5 Å². The lowest BCUT2D eigenvalue weighted by Gasteiger charge is -2.34. The van der Waals surface area contributed by atoms with Crippen molar-refractivity contribution in [3.8, 4) is 0 Å². The molecule has 1 aliphatic rings. The van der Waals surface area contributed by atoms with Crippen LogP contribution in [0.25, 0.3) is 0 Å². The minimum absolute atomic E-state index is 0.0324. The number of hydrogen-bond acceptors (Lipinski definition) is 6. The number of tetrazole rings is 1. The molecule has 0 N–H and O–H groups in total.